The molecule has 0 atom stereocenters. The Morgan fingerprint density at radius 1 is 1.70 bits per heavy atom. The Balaban J connectivity index is 2.18. The van der Waals surface area contributed by atoms with Crippen molar-refractivity contribution in [2.75, 3.05) is 19.8 Å². The Bertz CT molecular complexity index is 118. The molecule has 0 aliphatic carbocycles. The summed E-state index contributed by atoms with van der Waals surface area (Å²) in [6.45, 7) is 4.49. The molecule has 0 aromatic heterocycles. The summed E-state index contributed by atoms with van der Waals surface area (Å²) in [6, 6.07) is 0. The van der Waals surface area contributed by atoms with Crippen molar-refractivity contribution in [1.82, 2.24) is 0 Å². The highest BCUT2D eigenvalue weighted by Crippen LogP contribution is 2.08. The van der Waals surface area contributed by atoms with Crippen LogP contribution in [0.2, 0.25) is 0 Å². The van der Waals surface area contributed by atoms with E-state index in [0.717, 1.165) is 38.4 Å². The van der Waals surface area contributed by atoms with Crippen LogP contribution >= 0.6 is 0 Å². The van der Waals surface area contributed by atoms with Crippen molar-refractivity contribution >= 4 is 0 Å². The third-order valence-corrected chi connectivity index (χ3v) is 1.41. The highest BCUT2D eigenvalue weighted by atomic mass is 16.5. The van der Waals surface area contributed by atoms with Crippen LogP contribution in [0.1, 0.15) is 19.8 Å². The summed E-state index contributed by atoms with van der Waals surface area (Å²) in [5, 5.41) is 0. The second-order valence-electron chi connectivity index (χ2n) is 2.34. The average Bonchev–Trinajstić information content (AvgIpc) is 2.03. The van der Waals surface area contributed by atoms with E-state index in [9.17, 15) is 0 Å². The van der Waals surface area contributed by atoms with Gasteiger partial charge in [0.05, 0.1) is 25.6 Å². The predicted molar refractivity (Wildman–Crippen MR) is 39.8 cm³/mol. The highest BCUT2D eigenvalue weighted by molar-refractivity contribution is 4.95. The van der Waals surface area contributed by atoms with Crippen LogP contribution in [-0.2, 0) is 9.47 Å². The number of hydrogen-bond donors (Lipinski definition) is 0. The van der Waals surface area contributed by atoms with Gasteiger partial charge in [-0.05, 0) is 12.5 Å². The fourth-order valence-electron chi connectivity index (χ4n) is 0.874. The molecule has 2 heteroatoms. The molecule has 2 nitrogen and oxygen atoms in total. The van der Waals surface area contributed by atoms with Gasteiger partial charge in [-0.25, -0.2) is 0 Å². The first kappa shape index (κ1) is 7.61. The number of ether oxygens (including phenoxy) is 2. The van der Waals surface area contributed by atoms with Gasteiger partial charge in [-0.1, -0.05) is 6.92 Å². The van der Waals surface area contributed by atoms with E-state index < -0.39 is 0 Å². The maximum absolute atomic E-state index is 5.41. The minimum atomic E-state index is 0.721. The summed E-state index contributed by atoms with van der Waals surface area (Å²) in [5.74, 6) is 1.10. The van der Waals surface area contributed by atoms with Gasteiger partial charge in [-0.2, -0.15) is 0 Å². The molecule has 58 valence electrons. The SMILES string of the molecule is CCCOC1=CCOCC1. The van der Waals surface area contributed by atoms with Gasteiger partial charge in [0.15, 0.2) is 0 Å². The smallest absolute Gasteiger partial charge is 0.0965 e. The molecule has 0 bridgehead atoms. The van der Waals surface area contributed by atoms with E-state index in [1.165, 1.54) is 0 Å². The van der Waals surface area contributed by atoms with Crippen molar-refractivity contribution in [3.05, 3.63) is 11.8 Å². The molecule has 0 radical (unpaired) electrons. The Hall–Kier alpha value is -0.500. The van der Waals surface area contributed by atoms with Crippen molar-refractivity contribution in [2.24, 2.45) is 0 Å². The molecule has 0 aromatic carbocycles. The zero-order chi connectivity index (χ0) is 7.23. The first-order chi connectivity index (χ1) is 4.93. The molecule has 10 heavy (non-hydrogen) atoms. The lowest BCUT2D eigenvalue weighted by Crippen LogP contribution is -2.07. The first-order valence-electron chi connectivity index (χ1n) is 3.83. The highest BCUT2D eigenvalue weighted by Gasteiger charge is 2.02. The summed E-state index contributed by atoms with van der Waals surface area (Å²) in [5.41, 5.74) is 0. The molecule has 0 saturated heterocycles. The molecule has 0 amide bonds. The van der Waals surface area contributed by atoms with Gasteiger partial charge in [-0.15, -0.1) is 0 Å². The second-order valence-corrected chi connectivity index (χ2v) is 2.34. The van der Waals surface area contributed by atoms with Crippen molar-refractivity contribution in [1.29, 1.82) is 0 Å². The molecular formula is C8H14O2. The van der Waals surface area contributed by atoms with Crippen LogP contribution in [0.3, 0.4) is 0 Å². The van der Waals surface area contributed by atoms with Gasteiger partial charge in [0.1, 0.15) is 0 Å². The van der Waals surface area contributed by atoms with Crippen molar-refractivity contribution in [2.45, 2.75) is 19.8 Å². The van der Waals surface area contributed by atoms with E-state index in [2.05, 4.69) is 6.92 Å². The largest absolute Gasteiger partial charge is 0.498 e. The molecule has 1 rings (SSSR count). The monoisotopic (exact) mass is 142 g/mol. The quantitative estimate of drug-likeness (QED) is 0.597. The minimum Gasteiger partial charge on any atom is -0.498 e. The lowest BCUT2D eigenvalue weighted by Gasteiger charge is -2.13. The van der Waals surface area contributed by atoms with Gasteiger partial charge in [0.25, 0.3) is 0 Å². The van der Waals surface area contributed by atoms with Crippen LogP contribution in [0.5, 0.6) is 0 Å². The van der Waals surface area contributed by atoms with E-state index >= 15 is 0 Å². The molecule has 0 spiro atoms. The van der Waals surface area contributed by atoms with Gasteiger partial charge >= 0.3 is 0 Å². The van der Waals surface area contributed by atoms with Crippen LogP contribution < -0.4 is 0 Å². The van der Waals surface area contributed by atoms with Crippen LogP contribution in [0.4, 0.5) is 0 Å². The molecular weight excluding hydrogens is 128 g/mol. The van der Waals surface area contributed by atoms with Gasteiger partial charge < -0.3 is 9.47 Å². The summed E-state index contributed by atoms with van der Waals surface area (Å²) in [7, 11) is 0. The zero-order valence-corrected chi connectivity index (χ0v) is 6.43. The third-order valence-electron chi connectivity index (χ3n) is 1.41. The van der Waals surface area contributed by atoms with E-state index in [4.69, 9.17) is 9.47 Å². The molecule has 1 aliphatic heterocycles. The summed E-state index contributed by atoms with van der Waals surface area (Å²) >= 11 is 0. The third kappa shape index (κ3) is 2.40. The summed E-state index contributed by atoms with van der Waals surface area (Å²) in [4.78, 5) is 0. The van der Waals surface area contributed by atoms with E-state index in [0.29, 0.717) is 0 Å². The van der Waals surface area contributed by atoms with E-state index in [-0.39, 0.29) is 0 Å². The molecule has 0 N–H and O–H groups in total. The normalized spacial score (nSPS) is 18.3. The van der Waals surface area contributed by atoms with Crippen LogP contribution in [0.25, 0.3) is 0 Å². The zero-order valence-electron chi connectivity index (χ0n) is 6.43. The van der Waals surface area contributed by atoms with Crippen LogP contribution in [0.15, 0.2) is 11.8 Å². The maximum atomic E-state index is 5.41. The van der Waals surface area contributed by atoms with Crippen molar-refractivity contribution in [3.8, 4) is 0 Å². The Morgan fingerprint density at radius 3 is 3.20 bits per heavy atom. The van der Waals surface area contributed by atoms with E-state index in [1.807, 2.05) is 6.08 Å². The topological polar surface area (TPSA) is 18.5 Å². The molecule has 1 aliphatic rings. The Kier molecular flexibility index (Phi) is 3.30. The maximum Gasteiger partial charge on any atom is 0.0965 e. The Labute approximate surface area is 61.8 Å². The predicted octanol–water partition coefficient (Wildman–Crippen LogP) is 1.72. The van der Waals surface area contributed by atoms with Gasteiger partial charge in [-0.3, -0.25) is 0 Å². The molecule has 0 aromatic rings. The molecule has 0 unspecified atom stereocenters. The Morgan fingerprint density at radius 2 is 2.60 bits per heavy atom. The number of hydrogen-bond acceptors (Lipinski definition) is 2. The number of rotatable bonds is 3. The molecule has 1 heterocycles. The first-order valence-corrected chi connectivity index (χ1v) is 3.83. The molecule has 0 fully saturated rings. The van der Waals surface area contributed by atoms with Gasteiger partial charge in [0, 0.05) is 6.42 Å². The van der Waals surface area contributed by atoms with Crippen molar-refractivity contribution in [3.63, 3.8) is 0 Å². The minimum absolute atomic E-state index is 0.721. The fraction of sp³-hybridized carbons (Fsp3) is 0.750. The van der Waals surface area contributed by atoms with Gasteiger partial charge in [0.2, 0.25) is 0 Å². The summed E-state index contributed by atoms with van der Waals surface area (Å²) < 4.78 is 10.5. The standard InChI is InChI=1S/C8H14O2/c1-2-5-10-8-3-6-9-7-4-8/h3H,2,4-7H2,1H3. The van der Waals surface area contributed by atoms with E-state index in [1.54, 1.807) is 0 Å². The van der Waals surface area contributed by atoms with Crippen LogP contribution in [-0.4, -0.2) is 19.8 Å². The lowest BCUT2D eigenvalue weighted by atomic mass is 10.3. The molecule has 0 saturated carbocycles. The second kappa shape index (κ2) is 4.34. The average molecular weight is 142 g/mol. The van der Waals surface area contributed by atoms with Crippen molar-refractivity contribution < 1.29 is 9.47 Å². The lowest BCUT2D eigenvalue weighted by molar-refractivity contribution is 0.111. The summed E-state index contributed by atoms with van der Waals surface area (Å²) in [6.07, 6.45) is 4.04. The van der Waals surface area contributed by atoms with Crippen LogP contribution in [0, 0.1) is 0 Å². The fourth-order valence-corrected chi connectivity index (χ4v) is 0.874.